The molecule has 1 fully saturated rings. The Hall–Kier alpha value is -1.71. The van der Waals surface area contributed by atoms with Crippen LogP contribution in [-0.4, -0.2) is 26.2 Å². The van der Waals surface area contributed by atoms with Crippen molar-refractivity contribution in [2.45, 2.75) is 6.42 Å². The molecule has 1 aliphatic rings. The molecule has 0 saturated carbocycles. The highest BCUT2D eigenvalue weighted by Crippen LogP contribution is 2.22. The first-order chi connectivity index (χ1) is 7.31. The number of nitrogens with zero attached hydrogens (tertiary/aromatic N) is 1. The monoisotopic (exact) mass is 206 g/mol. The lowest BCUT2D eigenvalue weighted by atomic mass is 10.2. The summed E-state index contributed by atoms with van der Waals surface area (Å²) in [6.07, 6.45) is 0.975. The Morgan fingerprint density at radius 2 is 2.33 bits per heavy atom. The minimum absolute atomic E-state index is 0.0329. The van der Waals surface area contributed by atoms with Crippen molar-refractivity contribution in [3.05, 3.63) is 24.3 Å². The van der Waals surface area contributed by atoms with Crippen LogP contribution in [0.2, 0.25) is 0 Å². The van der Waals surface area contributed by atoms with Crippen LogP contribution in [0.1, 0.15) is 6.42 Å². The largest absolute Gasteiger partial charge is 0.497 e. The van der Waals surface area contributed by atoms with E-state index >= 15 is 0 Å². The molecule has 2 amide bonds. The number of anilines is 1. The first kappa shape index (κ1) is 9.83. The number of rotatable bonds is 2. The molecule has 1 heterocycles. The number of carbonyl (C=O) groups excluding carboxylic acids is 1. The minimum Gasteiger partial charge on any atom is -0.497 e. The van der Waals surface area contributed by atoms with Gasteiger partial charge >= 0.3 is 6.03 Å². The molecule has 0 aliphatic carbocycles. The molecule has 0 bridgehead atoms. The number of hydrogen-bond acceptors (Lipinski definition) is 2. The van der Waals surface area contributed by atoms with E-state index in [-0.39, 0.29) is 6.03 Å². The van der Waals surface area contributed by atoms with Crippen LogP contribution < -0.4 is 15.0 Å². The summed E-state index contributed by atoms with van der Waals surface area (Å²) in [6.45, 7) is 1.53. The average Bonchev–Trinajstić information content (AvgIpc) is 2.30. The smallest absolute Gasteiger partial charge is 0.321 e. The van der Waals surface area contributed by atoms with E-state index in [0.717, 1.165) is 30.9 Å². The molecule has 0 unspecified atom stereocenters. The second-order valence-corrected chi connectivity index (χ2v) is 3.44. The van der Waals surface area contributed by atoms with Gasteiger partial charge in [-0.25, -0.2) is 4.79 Å². The Labute approximate surface area is 88.8 Å². The molecule has 1 aromatic carbocycles. The van der Waals surface area contributed by atoms with Gasteiger partial charge < -0.3 is 10.1 Å². The molecule has 0 radical (unpaired) electrons. The van der Waals surface area contributed by atoms with Crippen molar-refractivity contribution < 1.29 is 9.53 Å². The quantitative estimate of drug-likeness (QED) is 0.798. The van der Waals surface area contributed by atoms with Crippen LogP contribution in [0.3, 0.4) is 0 Å². The van der Waals surface area contributed by atoms with E-state index in [2.05, 4.69) is 5.32 Å². The SMILES string of the molecule is COc1cccc(N2CCCNC2=O)c1. The third kappa shape index (κ3) is 2.03. The van der Waals surface area contributed by atoms with Crippen molar-refractivity contribution in [1.82, 2.24) is 5.32 Å². The Bertz CT molecular complexity index is 365. The van der Waals surface area contributed by atoms with Crippen LogP contribution in [0.25, 0.3) is 0 Å². The zero-order valence-corrected chi connectivity index (χ0v) is 8.69. The van der Waals surface area contributed by atoms with E-state index < -0.39 is 0 Å². The first-order valence-corrected chi connectivity index (χ1v) is 5.00. The van der Waals surface area contributed by atoms with Gasteiger partial charge in [-0.1, -0.05) is 6.07 Å². The summed E-state index contributed by atoms with van der Waals surface area (Å²) in [5.74, 6) is 0.769. The maximum absolute atomic E-state index is 11.6. The molecular formula is C11H14N2O2. The lowest BCUT2D eigenvalue weighted by Crippen LogP contribution is -2.46. The zero-order chi connectivity index (χ0) is 10.7. The van der Waals surface area contributed by atoms with Crippen molar-refractivity contribution in [3.63, 3.8) is 0 Å². The summed E-state index contributed by atoms with van der Waals surface area (Å²) in [4.78, 5) is 13.3. The van der Waals surface area contributed by atoms with Gasteiger partial charge in [0.15, 0.2) is 0 Å². The Morgan fingerprint density at radius 1 is 1.47 bits per heavy atom. The number of ether oxygens (including phenoxy) is 1. The molecule has 15 heavy (non-hydrogen) atoms. The van der Waals surface area contributed by atoms with Crippen LogP contribution in [0, 0.1) is 0 Å². The summed E-state index contributed by atoms with van der Waals surface area (Å²) >= 11 is 0. The Balaban J connectivity index is 2.23. The van der Waals surface area contributed by atoms with E-state index in [9.17, 15) is 4.79 Å². The van der Waals surface area contributed by atoms with Gasteiger partial charge in [-0.15, -0.1) is 0 Å². The van der Waals surface area contributed by atoms with Gasteiger partial charge in [0.25, 0.3) is 0 Å². The number of methoxy groups -OCH3 is 1. The number of amides is 2. The first-order valence-electron chi connectivity index (χ1n) is 5.00. The van der Waals surface area contributed by atoms with E-state index in [1.54, 1.807) is 12.0 Å². The molecule has 0 spiro atoms. The summed E-state index contributed by atoms with van der Waals surface area (Å²) in [5.41, 5.74) is 0.881. The summed E-state index contributed by atoms with van der Waals surface area (Å²) in [6, 6.07) is 7.49. The van der Waals surface area contributed by atoms with E-state index in [0.29, 0.717) is 0 Å². The van der Waals surface area contributed by atoms with Gasteiger partial charge in [0.05, 0.1) is 7.11 Å². The standard InChI is InChI=1S/C11H14N2O2/c1-15-10-5-2-4-9(8-10)13-7-3-6-12-11(13)14/h2,4-5,8H,3,6-7H2,1H3,(H,12,14). The molecule has 0 aromatic heterocycles. The molecule has 0 atom stereocenters. The lowest BCUT2D eigenvalue weighted by molar-refractivity contribution is 0.243. The average molecular weight is 206 g/mol. The number of benzene rings is 1. The Kier molecular flexibility index (Phi) is 2.76. The van der Waals surface area contributed by atoms with Gasteiger partial charge in [-0.3, -0.25) is 4.90 Å². The number of hydrogen-bond donors (Lipinski definition) is 1. The van der Waals surface area contributed by atoms with Gasteiger partial charge in [0.1, 0.15) is 5.75 Å². The molecular weight excluding hydrogens is 192 g/mol. The molecule has 1 saturated heterocycles. The molecule has 80 valence electrons. The van der Waals surface area contributed by atoms with Crippen molar-refractivity contribution in [3.8, 4) is 5.75 Å². The van der Waals surface area contributed by atoms with Crippen LogP contribution in [-0.2, 0) is 0 Å². The maximum atomic E-state index is 11.6. The minimum atomic E-state index is -0.0329. The van der Waals surface area contributed by atoms with Crippen molar-refractivity contribution in [2.75, 3.05) is 25.1 Å². The fourth-order valence-corrected chi connectivity index (χ4v) is 1.65. The van der Waals surface area contributed by atoms with Crippen LogP contribution in [0.5, 0.6) is 5.75 Å². The van der Waals surface area contributed by atoms with Crippen molar-refractivity contribution in [2.24, 2.45) is 0 Å². The van der Waals surface area contributed by atoms with Gasteiger partial charge in [-0.05, 0) is 18.6 Å². The second kappa shape index (κ2) is 4.21. The summed E-state index contributed by atoms with van der Waals surface area (Å²) < 4.78 is 5.12. The third-order valence-electron chi connectivity index (χ3n) is 2.44. The third-order valence-corrected chi connectivity index (χ3v) is 2.44. The predicted octanol–water partition coefficient (Wildman–Crippen LogP) is 1.61. The maximum Gasteiger partial charge on any atom is 0.321 e. The fourth-order valence-electron chi connectivity index (χ4n) is 1.65. The highest BCUT2D eigenvalue weighted by atomic mass is 16.5. The predicted molar refractivity (Wildman–Crippen MR) is 58.4 cm³/mol. The summed E-state index contributed by atoms with van der Waals surface area (Å²) in [5, 5.41) is 2.81. The number of urea groups is 1. The van der Waals surface area contributed by atoms with Gasteiger partial charge in [0, 0.05) is 24.8 Å². The molecule has 2 rings (SSSR count). The van der Waals surface area contributed by atoms with Crippen LogP contribution >= 0.6 is 0 Å². The van der Waals surface area contributed by atoms with Crippen LogP contribution in [0.4, 0.5) is 10.5 Å². The van der Waals surface area contributed by atoms with E-state index in [1.165, 1.54) is 0 Å². The molecule has 4 heteroatoms. The topological polar surface area (TPSA) is 41.6 Å². The Morgan fingerprint density at radius 3 is 3.07 bits per heavy atom. The second-order valence-electron chi connectivity index (χ2n) is 3.44. The molecule has 1 N–H and O–H groups in total. The fraction of sp³-hybridized carbons (Fsp3) is 0.364. The highest BCUT2D eigenvalue weighted by molar-refractivity contribution is 5.92. The highest BCUT2D eigenvalue weighted by Gasteiger charge is 2.18. The van der Waals surface area contributed by atoms with Crippen molar-refractivity contribution >= 4 is 11.7 Å². The van der Waals surface area contributed by atoms with Crippen LogP contribution in [0.15, 0.2) is 24.3 Å². The van der Waals surface area contributed by atoms with E-state index in [4.69, 9.17) is 4.74 Å². The number of carbonyl (C=O) groups is 1. The summed E-state index contributed by atoms with van der Waals surface area (Å²) in [7, 11) is 1.62. The van der Waals surface area contributed by atoms with Crippen molar-refractivity contribution in [1.29, 1.82) is 0 Å². The lowest BCUT2D eigenvalue weighted by Gasteiger charge is -2.27. The molecule has 4 nitrogen and oxygen atoms in total. The van der Waals surface area contributed by atoms with E-state index in [1.807, 2.05) is 24.3 Å². The van der Waals surface area contributed by atoms with Gasteiger partial charge in [0.2, 0.25) is 0 Å². The normalized spacial score (nSPS) is 16.1. The zero-order valence-electron chi connectivity index (χ0n) is 8.69. The van der Waals surface area contributed by atoms with Gasteiger partial charge in [-0.2, -0.15) is 0 Å². The molecule has 1 aliphatic heterocycles. The molecule has 1 aromatic rings. The number of nitrogens with one attached hydrogen (secondary N) is 1.